The molecule has 0 heterocycles. The first-order valence-corrected chi connectivity index (χ1v) is 7.68. The molecule has 2 rings (SSSR count). The number of benzene rings is 2. The SMILES string of the molecule is CCc1ccccc1C(O)C(CN)c1ccc(Br)cc1. The first-order valence-electron chi connectivity index (χ1n) is 6.88. The van der Waals surface area contributed by atoms with E-state index >= 15 is 0 Å². The Hall–Kier alpha value is -1.16. The van der Waals surface area contributed by atoms with Crippen molar-refractivity contribution < 1.29 is 5.11 Å². The van der Waals surface area contributed by atoms with Gasteiger partial charge in [-0.25, -0.2) is 0 Å². The van der Waals surface area contributed by atoms with Crippen molar-refractivity contribution in [2.75, 3.05) is 6.54 Å². The minimum absolute atomic E-state index is 0.0872. The maximum Gasteiger partial charge on any atom is 0.0873 e. The molecule has 2 aromatic rings. The summed E-state index contributed by atoms with van der Waals surface area (Å²) in [5, 5.41) is 10.7. The molecule has 2 aromatic carbocycles. The summed E-state index contributed by atoms with van der Waals surface area (Å²) in [4.78, 5) is 0. The van der Waals surface area contributed by atoms with E-state index in [1.54, 1.807) is 0 Å². The van der Waals surface area contributed by atoms with Gasteiger partial charge in [-0.05, 0) is 35.2 Å². The Morgan fingerprint density at radius 1 is 1.10 bits per heavy atom. The lowest BCUT2D eigenvalue weighted by atomic mass is 9.87. The van der Waals surface area contributed by atoms with Gasteiger partial charge < -0.3 is 10.8 Å². The highest BCUT2D eigenvalue weighted by Gasteiger charge is 2.23. The molecule has 0 saturated carbocycles. The molecule has 20 heavy (non-hydrogen) atoms. The van der Waals surface area contributed by atoms with Crippen LogP contribution in [-0.4, -0.2) is 11.7 Å². The van der Waals surface area contributed by atoms with Crippen LogP contribution in [0.15, 0.2) is 53.0 Å². The van der Waals surface area contributed by atoms with Gasteiger partial charge in [0.05, 0.1) is 6.10 Å². The van der Waals surface area contributed by atoms with Crippen LogP contribution < -0.4 is 5.73 Å². The quantitative estimate of drug-likeness (QED) is 0.874. The number of halogens is 1. The van der Waals surface area contributed by atoms with Crippen molar-refractivity contribution in [2.24, 2.45) is 5.73 Å². The van der Waals surface area contributed by atoms with E-state index in [4.69, 9.17) is 5.73 Å². The molecule has 3 heteroatoms. The summed E-state index contributed by atoms with van der Waals surface area (Å²) in [5.41, 5.74) is 9.12. The average Bonchev–Trinajstić information content (AvgIpc) is 2.49. The van der Waals surface area contributed by atoms with E-state index in [1.165, 1.54) is 5.56 Å². The van der Waals surface area contributed by atoms with Crippen molar-refractivity contribution in [1.29, 1.82) is 0 Å². The Morgan fingerprint density at radius 3 is 2.35 bits per heavy atom. The number of hydrogen-bond donors (Lipinski definition) is 2. The van der Waals surface area contributed by atoms with Gasteiger partial charge in [-0.15, -0.1) is 0 Å². The number of aliphatic hydroxyl groups excluding tert-OH is 1. The molecule has 0 aromatic heterocycles. The van der Waals surface area contributed by atoms with E-state index in [0.29, 0.717) is 6.54 Å². The van der Waals surface area contributed by atoms with Crippen LogP contribution in [0.25, 0.3) is 0 Å². The first kappa shape index (κ1) is 15.2. The molecule has 0 amide bonds. The van der Waals surface area contributed by atoms with Crippen LogP contribution in [0.4, 0.5) is 0 Å². The second kappa shape index (κ2) is 7.02. The highest BCUT2D eigenvalue weighted by molar-refractivity contribution is 9.10. The molecule has 2 nitrogen and oxygen atoms in total. The van der Waals surface area contributed by atoms with Crippen LogP contribution in [0.2, 0.25) is 0 Å². The molecule has 0 aliphatic heterocycles. The van der Waals surface area contributed by atoms with Crippen molar-refractivity contribution in [3.05, 3.63) is 69.7 Å². The zero-order chi connectivity index (χ0) is 14.5. The molecule has 2 atom stereocenters. The Balaban J connectivity index is 2.33. The molecule has 2 unspecified atom stereocenters. The fourth-order valence-electron chi connectivity index (χ4n) is 2.52. The van der Waals surface area contributed by atoms with Crippen LogP contribution in [-0.2, 0) is 6.42 Å². The third-order valence-corrected chi connectivity index (χ3v) is 4.22. The van der Waals surface area contributed by atoms with Crippen molar-refractivity contribution in [1.82, 2.24) is 0 Å². The predicted molar refractivity (Wildman–Crippen MR) is 86.7 cm³/mol. The smallest absolute Gasteiger partial charge is 0.0873 e. The van der Waals surface area contributed by atoms with Gasteiger partial charge in [-0.2, -0.15) is 0 Å². The number of aryl methyl sites for hydroxylation is 1. The maximum absolute atomic E-state index is 10.7. The molecular formula is C17H20BrNO. The molecule has 0 saturated heterocycles. The monoisotopic (exact) mass is 333 g/mol. The highest BCUT2D eigenvalue weighted by atomic mass is 79.9. The second-order valence-corrected chi connectivity index (χ2v) is 5.81. The molecule has 106 valence electrons. The van der Waals surface area contributed by atoms with Gasteiger partial charge in [0, 0.05) is 16.9 Å². The fourth-order valence-corrected chi connectivity index (χ4v) is 2.78. The summed E-state index contributed by atoms with van der Waals surface area (Å²) in [6.45, 7) is 2.52. The van der Waals surface area contributed by atoms with Gasteiger partial charge in [0.15, 0.2) is 0 Å². The normalized spacial score (nSPS) is 14.0. The van der Waals surface area contributed by atoms with Crippen LogP contribution in [0.3, 0.4) is 0 Å². The van der Waals surface area contributed by atoms with E-state index in [0.717, 1.165) is 22.0 Å². The van der Waals surface area contributed by atoms with Gasteiger partial charge in [0.2, 0.25) is 0 Å². The molecule has 0 bridgehead atoms. The molecule has 0 aliphatic carbocycles. The Labute approximate surface area is 128 Å². The van der Waals surface area contributed by atoms with Gasteiger partial charge >= 0.3 is 0 Å². The van der Waals surface area contributed by atoms with Crippen molar-refractivity contribution >= 4 is 15.9 Å². The van der Waals surface area contributed by atoms with E-state index in [-0.39, 0.29) is 5.92 Å². The van der Waals surface area contributed by atoms with Crippen LogP contribution >= 0.6 is 15.9 Å². The minimum Gasteiger partial charge on any atom is -0.388 e. The Morgan fingerprint density at radius 2 is 1.75 bits per heavy atom. The van der Waals surface area contributed by atoms with Crippen LogP contribution in [0, 0.1) is 0 Å². The molecule has 3 N–H and O–H groups in total. The summed E-state index contributed by atoms with van der Waals surface area (Å²) in [5.74, 6) is -0.0872. The zero-order valence-corrected chi connectivity index (χ0v) is 13.2. The lowest BCUT2D eigenvalue weighted by Crippen LogP contribution is -2.21. The Kier molecular flexibility index (Phi) is 5.35. The number of nitrogens with two attached hydrogens (primary N) is 1. The van der Waals surface area contributed by atoms with Crippen LogP contribution in [0.1, 0.15) is 35.6 Å². The van der Waals surface area contributed by atoms with Gasteiger partial charge in [-0.1, -0.05) is 59.3 Å². The number of aliphatic hydroxyl groups is 1. The van der Waals surface area contributed by atoms with Crippen molar-refractivity contribution in [2.45, 2.75) is 25.4 Å². The first-order chi connectivity index (χ1) is 9.67. The summed E-state index contributed by atoms with van der Waals surface area (Å²) in [7, 11) is 0. The topological polar surface area (TPSA) is 46.2 Å². The van der Waals surface area contributed by atoms with E-state index in [2.05, 4.69) is 28.9 Å². The molecular weight excluding hydrogens is 314 g/mol. The summed E-state index contributed by atoms with van der Waals surface area (Å²) in [6.07, 6.45) is 0.336. The summed E-state index contributed by atoms with van der Waals surface area (Å²) >= 11 is 3.43. The third-order valence-electron chi connectivity index (χ3n) is 3.69. The summed E-state index contributed by atoms with van der Waals surface area (Å²) in [6, 6.07) is 16.0. The molecule has 0 radical (unpaired) electrons. The Bertz CT molecular complexity index is 553. The largest absolute Gasteiger partial charge is 0.388 e. The third kappa shape index (κ3) is 3.29. The van der Waals surface area contributed by atoms with Gasteiger partial charge in [0.1, 0.15) is 0 Å². The average molecular weight is 334 g/mol. The molecule has 0 fully saturated rings. The minimum atomic E-state index is -0.572. The van der Waals surface area contributed by atoms with E-state index in [1.807, 2.05) is 42.5 Å². The lowest BCUT2D eigenvalue weighted by molar-refractivity contribution is 0.146. The molecule has 0 spiro atoms. The lowest BCUT2D eigenvalue weighted by Gasteiger charge is -2.24. The second-order valence-electron chi connectivity index (χ2n) is 4.89. The van der Waals surface area contributed by atoms with E-state index in [9.17, 15) is 5.11 Å². The number of hydrogen-bond acceptors (Lipinski definition) is 2. The molecule has 0 aliphatic rings. The van der Waals surface area contributed by atoms with Crippen LogP contribution in [0.5, 0.6) is 0 Å². The number of rotatable bonds is 5. The maximum atomic E-state index is 10.7. The van der Waals surface area contributed by atoms with Gasteiger partial charge in [0.25, 0.3) is 0 Å². The fraction of sp³-hybridized carbons (Fsp3) is 0.294. The zero-order valence-electron chi connectivity index (χ0n) is 11.6. The van der Waals surface area contributed by atoms with E-state index < -0.39 is 6.10 Å². The van der Waals surface area contributed by atoms with Gasteiger partial charge in [-0.3, -0.25) is 0 Å². The predicted octanol–water partition coefficient (Wildman–Crippen LogP) is 3.79. The summed E-state index contributed by atoms with van der Waals surface area (Å²) < 4.78 is 1.03. The highest BCUT2D eigenvalue weighted by Crippen LogP contribution is 2.32. The standard InChI is InChI=1S/C17H20BrNO/c1-2-12-5-3-4-6-15(12)17(20)16(11-19)13-7-9-14(18)10-8-13/h3-10,16-17,20H,2,11,19H2,1H3. The van der Waals surface area contributed by atoms with Crippen molar-refractivity contribution in [3.63, 3.8) is 0 Å². The van der Waals surface area contributed by atoms with Crippen molar-refractivity contribution in [3.8, 4) is 0 Å².